The predicted octanol–water partition coefficient (Wildman–Crippen LogP) is 4.40. The number of fused-ring (bicyclic) bond motifs is 1. The van der Waals surface area contributed by atoms with Crippen LogP contribution in [0.2, 0.25) is 0 Å². The summed E-state index contributed by atoms with van der Waals surface area (Å²) in [6, 6.07) is 16.0. The third-order valence-corrected chi connectivity index (χ3v) is 5.39. The van der Waals surface area contributed by atoms with Crippen molar-refractivity contribution >= 4 is 34.6 Å². The van der Waals surface area contributed by atoms with Crippen LogP contribution >= 0.6 is 12.2 Å². The van der Waals surface area contributed by atoms with Gasteiger partial charge in [-0.3, -0.25) is 4.79 Å². The smallest absolute Gasteiger partial charge is 0.227 e. The summed E-state index contributed by atoms with van der Waals surface area (Å²) < 4.78 is 6.09. The molecule has 0 aromatic heterocycles. The first-order valence-electron chi connectivity index (χ1n) is 9.67. The number of benzene rings is 2. The summed E-state index contributed by atoms with van der Waals surface area (Å²) in [4.78, 5) is 13.8. The number of anilines is 2. The van der Waals surface area contributed by atoms with E-state index < -0.39 is 0 Å². The van der Waals surface area contributed by atoms with Gasteiger partial charge in [0.2, 0.25) is 5.91 Å². The standard InChI is InChI=1S/C22H25N3O2S/c1-22(2)14-18(17-9-3-4-10-19(17)27-22)24-21(28)23-15-7-5-8-16(13-15)25-12-6-11-20(25)26/h3-5,7-10,13,18H,6,11-12,14H2,1-2H3,(H2,23,24,28). The van der Waals surface area contributed by atoms with Gasteiger partial charge in [-0.1, -0.05) is 24.3 Å². The fraction of sp³-hybridized carbons (Fsp3) is 0.364. The van der Waals surface area contributed by atoms with E-state index in [4.69, 9.17) is 17.0 Å². The molecule has 2 heterocycles. The second-order valence-corrected chi connectivity index (χ2v) is 8.36. The fourth-order valence-electron chi connectivity index (χ4n) is 3.93. The number of carbonyl (C=O) groups is 1. The Balaban J connectivity index is 1.47. The maximum Gasteiger partial charge on any atom is 0.227 e. The normalized spacial score (nSPS) is 20.3. The molecular weight excluding hydrogens is 370 g/mol. The van der Waals surface area contributed by atoms with Crippen molar-refractivity contribution < 1.29 is 9.53 Å². The number of amides is 1. The van der Waals surface area contributed by atoms with Crippen LogP contribution < -0.4 is 20.3 Å². The maximum atomic E-state index is 12.0. The van der Waals surface area contributed by atoms with Gasteiger partial charge in [-0.25, -0.2) is 0 Å². The Bertz CT molecular complexity index is 912. The Kier molecular flexibility index (Phi) is 4.98. The van der Waals surface area contributed by atoms with E-state index in [1.807, 2.05) is 47.4 Å². The molecule has 0 spiro atoms. The first kappa shape index (κ1) is 18.7. The zero-order valence-corrected chi connectivity index (χ0v) is 17.0. The minimum Gasteiger partial charge on any atom is -0.487 e. The largest absolute Gasteiger partial charge is 0.487 e. The molecule has 5 nitrogen and oxygen atoms in total. The van der Waals surface area contributed by atoms with Crippen LogP contribution in [0, 0.1) is 0 Å². The molecule has 1 atom stereocenters. The van der Waals surface area contributed by atoms with Gasteiger partial charge < -0.3 is 20.3 Å². The molecule has 0 radical (unpaired) electrons. The molecule has 2 N–H and O–H groups in total. The summed E-state index contributed by atoms with van der Waals surface area (Å²) in [6.07, 6.45) is 2.35. The number of thiocarbonyl (C=S) groups is 1. The van der Waals surface area contributed by atoms with Gasteiger partial charge in [-0.15, -0.1) is 0 Å². The zero-order valence-electron chi connectivity index (χ0n) is 16.2. The van der Waals surface area contributed by atoms with E-state index in [0.29, 0.717) is 11.5 Å². The van der Waals surface area contributed by atoms with E-state index >= 15 is 0 Å². The van der Waals surface area contributed by atoms with Crippen LogP contribution in [0.25, 0.3) is 0 Å². The van der Waals surface area contributed by atoms with Crippen LogP contribution in [-0.4, -0.2) is 23.2 Å². The van der Waals surface area contributed by atoms with Gasteiger partial charge in [0.1, 0.15) is 11.4 Å². The third-order valence-electron chi connectivity index (χ3n) is 5.17. The molecule has 2 aliphatic rings. The van der Waals surface area contributed by atoms with Crippen LogP contribution in [0.5, 0.6) is 5.75 Å². The Morgan fingerprint density at radius 3 is 2.82 bits per heavy atom. The lowest BCUT2D eigenvalue weighted by Gasteiger charge is -2.38. The molecule has 0 saturated carbocycles. The van der Waals surface area contributed by atoms with E-state index in [9.17, 15) is 4.79 Å². The summed E-state index contributed by atoms with van der Waals surface area (Å²) in [5.74, 6) is 1.08. The molecule has 0 bridgehead atoms. The highest BCUT2D eigenvalue weighted by Crippen LogP contribution is 2.39. The highest BCUT2D eigenvalue weighted by Gasteiger charge is 2.33. The predicted molar refractivity (Wildman–Crippen MR) is 116 cm³/mol. The summed E-state index contributed by atoms with van der Waals surface area (Å²) in [5.41, 5.74) is 2.63. The monoisotopic (exact) mass is 395 g/mol. The SMILES string of the molecule is CC1(C)CC(NC(=S)Nc2cccc(N3CCCC3=O)c2)c2ccccc2O1. The average molecular weight is 396 g/mol. The lowest BCUT2D eigenvalue weighted by Crippen LogP contribution is -2.42. The van der Waals surface area contributed by atoms with Crippen molar-refractivity contribution in [3.05, 3.63) is 54.1 Å². The highest BCUT2D eigenvalue weighted by atomic mass is 32.1. The van der Waals surface area contributed by atoms with Gasteiger partial charge in [0.15, 0.2) is 5.11 Å². The highest BCUT2D eigenvalue weighted by molar-refractivity contribution is 7.80. The molecule has 4 rings (SSSR count). The molecule has 1 fully saturated rings. The number of nitrogens with zero attached hydrogens (tertiary/aromatic N) is 1. The van der Waals surface area contributed by atoms with E-state index in [0.717, 1.165) is 42.1 Å². The summed E-state index contributed by atoms with van der Waals surface area (Å²) in [7, 11) is 0. The maximum absolute atomic E-state index is 12.0. The summed E-state index contributed by atoms with van der Waals surface area (Å²) in [5, 5.41) is 7.26. The second kappa shape index (κ2) is 7.43. The van der Waals surface area contributed by atoms with Crippen molar-refractivity contribution in [1.29, 1.82) is 0 Å². The van der Waals surface area contributed by atoms with E-state index in [1.165, 1.54) is 0 Å². The number of para-hydroxylation sites is 1. The number of nitrogens with one attached hydrogen (secondary N) is 2. The molecule has 6 heteroatoms. The lowest BCUT2D eigenvalue weighted by atomic mass is 9.90. The molecule has 2 aromatic carbocycles. The summed E-state index contributed by atoms with van der Waals surface area (Å²) in [6.45, 7) is 4.95. The average Bonchev–Trinajstić information content (AvgIpc) is 3.07. The van der Waals surface area contributed by atoms with Crippen LogP contribution in [0.15, 0.2) is 48.5 Å². The van der Waals surface area contributed by atoms with Gasteiger partial charge >= 0.3 is 0 Å². The number of ether oxygens (including phenoxy) is 1. The van der Waals surface area contributed by atoms with Gasteiger partial charge in [0.05, 0.1) is 6.04 Å². The molecule has 2 aromatic rings. The fourth-order valence-corrected chi connectivity index (χ4v) is 4.19. The van der Waals surface area contributed by atoms with Crippen molar-refractivity contribution in [2.24, 2.45) is 0 Å². The van der Waals surface area contributed by atoms with E-state index in [1.54, 1.807) is 0 Å². The lowest BCUT2D eigenvalue weighted by molar-refractivity contribution is -0.117. The molecule has 28 heavy (non-hydrogen) atoms. The third kappa shape index (κ3) is 3.97. The number of carbonyl (C=O) groups excluding carboxylic acids is 1. The summed E-state index contributed by atoms with van der Waals surface area (Å²) >= 11 is 5.58. The van der Waals surface area contributed by atoms with Gasteiger partial charge in [-0.05, 0) is 56.8 Å². The molecular formula is C22H25N3O2S. The van der Waals surface area contributed by atoms with Crippen molar-refractivity contribution in [3.8, 4) is 5.75 Å². The van der Waals surface area contributed by atoms with Crippen molar-refractivity contribution in [2.45, 2.75) is 44.8 Å². The first-order valence-corrected chi connectivity index (χ1v) is 10.1. The van der Waals surface area contributed by atoms with Crippen LogP contribution in [0.4, 0.5) is 11.4 Å². The van der Waals surface area contributed by atoms with Gasteiger partial charge in [0.25, 0.3) is 0 Å². The van der Waals surface area contributed by atoms with Gasteiger partial charge in [0, 0.05) is 36.3 Å². The Morgan fingerprint density at radius 1 is 1.21 bits per heavy atom. The van der Waals surface area contributed by atoms with Crippen molar-refractivity contribution in [2.75, 3.05) is 16.8 Å². The minimum absolute atomic E-state index is 0.0725. The van der Waals surface area contributed by atoms with Crippen molar-refractivity contribution in [3.63, 3.8) is 0 Å². The second-order valence-electron chi connectivity index (χ2n) is 7.95. The van der Waals surface area contributed by atoms with Crippen molar-refractivity contribution in [1.82, 2.24) is 5.32 Å². The van der Waals surface area contributed by atoms with E-state index in [-0.39, 0.29) is 17.6 Å². The molecule has 0 aliphatic carbocycles. The number of rotatable bonds is 3. The minimum atomic E-state index is -0.266. The number of hydrogen-bond donors (Lipinski definition) is 2. The van der Waals surface area contributed by atoms with Gasteiger partial charge in [-0.2, -0.15) is 0 Å². The Morgan fingerprint density at radius 2 is 2.04 bits per heavy atom. The molecule has 1 amide bonds. The first-order chi connectivity index (χ1) is 13.4. The Hall–Kier alpha value is -2.60. The van der Waals surface area contributed by atoms with Crippen LogP contribution in [0.1, 0.15) is 44.7 Å². The van der Waals surface area contributed by atoms with E-state index in [2.05, 4.69) is 30.5 Å². The zero-order chi connectivity index (χ0) is 19.7. The quantitative estimate of drug-likeness (QED) is 0.755. The molecule has 146 valence electrons. The molecule has 2 aliphatic heterocycles. The molecule has 1 unspecified atom stereocenters. The van der Waals surface area contributed by atoms with Crippen LogP contribution in [0.3, 0.4) is 0 Å². The Labute approximate surface area is 171 Å². The molecule has 1 saturated heterocycles. The number of hydrogen-bond acceptors (Lipinski definition) is 3. The topological polar surface area (TPSA) is 53.6 Å². The van der Waals surface area contributed by atoms with Crippen LogP contribution in [-0.2, 0) is 4.79 Å².